The van der Waals surface area contributed by atoms with Crippen molar-refractivity contribution < 1.29 is 4.79 Å². The molecule has 3 nitrogen and oxygen atoms in total. The monoisotopic (exact) mass is 308 g/mol. The highest BCUT2D eigenvalue weighted by Crippen LogP contribution is 2.41. The Labute approximate surface area is 132 Å². The number of halogens is 1. The SMILES string of the molecule is CNCCCC(=O)NCC1(c2cccc(Cl)c2)CCCC1. The van der Waals surface area contributed by atoms with Crippen molar-refractivity contribution in [2.45, 2.75) is 43.9 Å². The molecule has 1 aliphatic rings. The van der Waals surface area contributed by atoms with Crippen LogP contribution in [0.1, 0.15) is 44.1 Å². The van der Waals surface area contributed by atoms with Crippen LogP contribution in [0.4, 0.5) is 0 Å². The Morgan fingerprint density at radius 3 is 2.76 bits per heavy atom. The number of carbonyl (C=O) groups excluding carboxylic acids is 1. The molecule has 0 aromatic heterocycles. The molecule has 0 spiro atoms. The molecular formula is C17H25ClN2O. The largest absolute Gasteiger partial charge is 0.355 e. The lowest BCUT2D eigenvalue weighted by Crippen LogP contribution is -2.39. The van der Waals surface area contributed by atoms with Gasteiger partial charge in [-0.1, -0.05) is 36.6 Å². The zero-order chi connectivity index (χ0) is 15.1. The van der Waals surface area contributed by atoms with Gasteiger partial charge in [-0.3, -0.25) is 4.79 Å². The molecule has 0 atom stereocenters. The summed E-state index contributed by atoms with van der Waals surface area (Å²) >= 11 is 6.14. The van der Waals surface area contributed by atoms with Gasteiger partial charge in [-0.15, -0.1) is 0 Å². The Kier molecular flexibility index (Phi) is 6.07. The first kappa shape index (κ1) is 16.3. The van der Waals surface area contributed by atoms with Gasteiger partial charge < -0.3 is 10.6 Å². The number of amides is 1. The lowest BCUT2D eigenvalue weighted by molar-refractivity contribution is -0.121. The molecule has 21 heavy (non-hydrogen) atoms. The van der Waals surface area contributed by atoms with Crippen LogP contribution in [0.5, 0.6) is 0 Å². The zero-order valence-corrected chi connectivity index (χ0v) is 13.5. The number of hydrogen-bond acceptors (Lipinski definition) is 2. The fourth-order valence-corrected chi connectivity index (χ4v) is 3.41. The van der Waals surface area contributed by atoms with Crippen molar-refractivity contribution in [2.75, 3.05) is 20.1 Å². The Morgan fingerprint density at radius 1 is 1.33 bits per heavy atom. The van der Waals surface area contributed by atoms with Crippen LogP contribution in [0, 0.1) is 0 Å². The Balaban J connectivity index is 1.97. The van der Waals surface area contributed by atoms with Crippen LogP contribution >= 0.6 is 11.6 Å². The molecule has 1 saturated carbocycles. The van der Waals surface area contributed by atoms with Crippen molar-refractivity contribution in [3.8, 4) is 0 Å². The van der Waals surface area contributed by atoms with Crippen molar-refractivity contribution in [3.63, 3.8) is 0 Å². The Hall–Kier alpha value is -1.06. The average Bonchev–Trinajstić information content (AvgIpc) is 2.96. The second kappa shape index (κ2) is 7.81. The van der Waals surface area contributed by atoms with Gasteiger partial charge in [-0.25, -0.2) is 0 Å². The first-order valence-corrected chi connectivity index (χ1v) is 8.21. The third-order valence-corrected chi connectivity index (χ3v) is 4.69. The van der Waals surface area contributed by atoms with Crippen LogP contribution in [-0.2, 0) is 10.2 Å². The molecule has 116 valence electrons. The summed E-state index contributed by atoms with van der Waals surface area (Å²) < 4.78 is 0. The van der Waals surface area contributed by atoms with Gasteiger partial charge in [0.15, 0.2) is 0 Å². The summed E-state index contributed by atoms with van der Waals surface area (Å²) in [4.78, 5) is 12.0. The van der Waals surface area contributed by atoms with Gasteiger partial charge in [0.05, 0.1) is 0 Å². The maximum Gasteiger partial charge on any atom is 0.220 e. The van der Waals surface area contributed by atoms with Crippen molar-refractivity contribution in [1.82, 2.24) is 10.6 Å². The second-order valence-electron chi connectivity index (χ2n) is 5.98. The van der Waals surface area contributed by atoms with Crippen molar-refractivity contribution in [1.29, 1.82) is 0 Å². The molecule has 2 rings (SSSR count). The van der Waals surface area contributed by atoms with Crippen molar-refractivity contribution in [2.24, 2.45) is 0 Å². The number of rotatable bonds is 7. The van der Waals surface area contributed by atoms with Gasteiger partial charge in [-0.05, 0) is 50.6 Å². The molecule has 2 N–H and O–H groups in total. The lowest BCUT2D eigenvalue weighted by Gasteiger charge is -2.30. The predicted molar refractivity (Wildman–Crippen MR) is 87.8 cm³/mol. The van der Waals surface area contributed by atoms with Crippen molar-refractivity contribution in [3.05, 3.63) is 34.9 Å². The molecule has 0 aliphatic heterocycles. The normalized spacial score (nSPS) is 16.9. The summed E-state index contributed by atoms with van der Waals surface area (Å²) in [7, 11) is 1.91. The molecule has 0 bridgehead atoms. The zero-order valence-electron chi connectivity index (χ0n) is 12.8. The summed E-state index contributed by atoms with van der Waals surface area (Å²) in [6, 6.07) is 8.11. The number of nitrogens with one attached hydrogen (secondary N) is 2. The smallest absolute Gasteiger partial charge is 0.220 e. The van der Waals surface area contributed by atoms with E-state index < -0.39 is 0 Å². The van der Waals surface area contributed by atoms with E-state index in [-0.39, 0.29) is 11.3 Å². The van der Waals surface area contributed by atoms with E-state index in [1.54, 1.807) is 0 Å². The van der Waals surface area contributed by atoms with Crippen LogP contribution < -0.4 is 10.6 Å². The second-order valence-corrected chi connectivity index (χ2v) is 6.42. The number of benzene rings is 1. The number of hydrogen-bond donors (Lipinski definition) is 2. The minimum atomic E-state index is 0.0730. The molecule has 0 saturated heterocycles. The fourth-order valence-electron chi connectivity index (χ4n) is 3.22. The van der Waals surface area contributed by atoms with Gasteiger partial charge >= 0.3 is 0 Å². The molecule has 1 fully saturated rings. The first-order valence-electron chi connectivity index (χ1n) is 7.84. The predicted octanol–water partition coefficient (Wildman–Crippen LogP) is 3.27. The van der Waals surface area contributed by atoms with Crippen LogP contribution in [0.3, 0.4) is 0 Å². The quantitative estimate of drug-likeness (QED) is 0.759. The van der Waals surface area contributed by atoms with Gasteiger partial charge in [0.1, 0.15) is 0 Å². The molecule has 1 aromatic rings. The summed E-state index contributed by atoms with van der Waals surface area (Å²) in [6.45, 7) is 1.61. The number of carbonyl (C=O) groups is 1. The summed E-state index contributed by atoms with van der Waals surface area (Å²) in [5.41, 5.74) is 1.34. The minimum absolute atomic E-state index is 0.0730. The third kappa shape index (κ3) is 4.45. The fraction of sp³-hybridized carbons (Fsp3) is 0.588. The van der Waals surface area contributed by atoms with Gasteiger partial charge in [0.25, 0.3) is 0 Å². The van der Waals surface area contributed by atoms with E-state index >= 15 is 0 Å². The Bertz CT molecular complexity index is 470. The first-order chi connectivity index (χ1) is 10.2. The highest BCUT2D eigenvalue weighted by molar-refractivity contribution is 6.30. The lowest BCUT2D eigenvalue weighted by atomic mass is 9.79. The maximum atomic E-state index is 12.0. The van der Waals surface area contributed by atoms with Gasteiger partial charge in [0, 0.05) is 23.4 Å². The average molecular weight is 309 g/mol. The summed E-state index contributed by atoms with van der Waals surface area (Å²) in [5.74, 6) is 0.151. The highest BCUT2D eigenvalue weighted by atomic mass is 35.5. The topological polar surface area (TPSA) is 41.1 Å². The standard InChI is InChI=1S/C17H25ClN2O/c1-19-11-5-8-16(21)20-13-17(9-2-3-10-17)14-6-4-7-15(18)12-14/h4,6-7,12,19H,2-3,5,8-11,13H2,1H3,(H,20,21). The van der Waals surface area contributed by atoms with Crippen LogP contribution in [0.15, 0.2) is 24.3 Å². The van der Waals surface area contributed by atoms with Gasteiger partial charge in [0.2, 0.25) is 5.91 Å². The molecule has 0 radical (unpaired) electrons. The van der Waals surface area contributed by atoms with Gasteiger partial charge in [-0.2, -0.15) is 0 Å². The molecule has 1 aliphatic carbocycles. The van der Waals surface area contributed by atoms with Crippen LogP contribution in [-0.4, -0.2) is 26.0 Å². The van der Waals surface area contributed by atoms with Crippen molar-refractivity contribution >= 4 is 17.5 Å². The van der Waals surface area contributed by atoms with E-state index in [0.717, 1.165) is 37.4 Å². The van der Waals surface area contributed by atoms with E-state index in [1.165, 1.54) is 18.4 Å². The van der Waals surface area contributed by atoms with Crippen LogP contribution in [0.25, 0.3) is 0 Å². The van der Waals surface area contributed by atoms with Crippen LogP contribution in [0.2, 0.25) is 5.02 Å². The van der Waals surface area contributed by atoms with E-state index in [0.29, 0.717) is 6.42 Å². The molecule has 1 aromatic carbocycles. The molecular weight excluding hydrogens is 284 g/mol. The van der Waals surface area contributed by atoms with E-state index in [9.17, 15) is 4.79 Å². The molecule has 0 heterocycles. The third-order valence-electron chi connectivity index (χ3n) is 4.45. The molecule has 1 amide bonds. The molecule has 0 unspecified atom stereocenters. The maximum absolute atomic E-state index is 12.0. The highest BCUT2D eigenvalue weighted by Gasteiger charge is 2.35. The minimum Gasteiger partial charge on any atom is -0.355 e. The van der Waals surface area contributed by atoms with E-state index in [4.69, 9.17) is 11.6 Å². The Morgan fingerprint density at radius 2 is 2.10 bits per heavy atom. The summed E-state index contributed by atoms with van der Waals surface area (Å²) in [5, 5.41) is 6.97. The summed E-state index contributed by atoms with van der Waals surface area (Å²) in [6.07, 6.45) is 6.18. The van der Waals surface area contributed by atoms with E-state index in [2.05, 4.69) is 22.8 Å². The van der Waals surface area contributed by atoms with E-state index in [1.807, 2.05) is 19.2 Å². The molecule has 4 heteroatoms.